The van der Waals surface area contributed by atoms with Gasteiger partial charge < -0.3 is 0 Å². The van der Waals surface area contributed by atoms with Crippen molar-refractivity contribution in [1.29, 1.82) is 0 Å². The average Bonchev–Trinajstić information content (AvgIpc) is 2.83. The minimum atomic E-state index is -0.315. The van der Waals surface area contributed by atoms with E-state index >= 15 is 0 Å². The lowest BCUT2D eigenvalue weighted by molar-refractivity contribution is -0.123. The molecule has 2 amide bonds. The molecule has 2 N–H and O–H groups in total. The van der Waals surface area contributed by atoms with E-state index in [1.807, 2.05) is 12.1 Å². The Bertz CT molecular complexity index is 669. The molecule has 0 saturated carbocycles. The second kappa shape index (κ2) is 7.38. The lowest BCUT2D eigenvalue weighted by Gasteiger charge is -2.18. The molecule has 24 heavy (non-hydrogen) atoms. The topological polar surface area (TPSA) is 82.9 Å². The number of nitrogens with one attached hydrogen (secondary N) is 2. The Morgan fingerprint density at radius 2 is 2.00 bits per heavy atom. The van der Waals surface area contributed by atoms with Gasteiger partial charge in [-0.2, -0.15) is 10.2 Å². The maximum absolute atomic E-state index is 11.8. The first-order valence-corrected chi connectivity index (χ1v) is 8.04. The van der Waals surface area contributed by atoms with Gasteiger partial charge >= 0.3 is 0 Å². The van der Waals surface area contributed by atoms with Gasteiger partial charge in [0.25, 0.3) is 0 Å². The van der Waals surface area contributed by atoms with E-state index in [1.165, 1.54) is 5.56 Å². The third kappa shape index (κ3) is 4.75. The van der Waals surface area contributed by atoms with Crippen molar-refractivity contribution >= 4 is 23.7 Å². The SMILES string of the molecule is CC1=NNC(=O)[C@@H]1CCC(=O)N/N=C\c1ccc(C(C)(C)C)cc1. The number of benzene rings is 1. The molecule has 1 aromatic carbocycles. The van der Waals surface area contributed by atoms with E-state index < -0.39 is 0 Å². The summed E-state index contributed by atoms with van der Waals surface area (Å²) in [6.07, 6.45) is 2.27. The summed E-state index contributed by atoms with van der Waals surface area (Å²) in [6.45, 7) is 8.26. The minimum absolute atomic E-state index is 0.109. The van der Waals surface area contributed by atoms with Gasteiger partial charge in [-0.1, -0.05) is 45.0 Å². The van der Waals surface area contributed by atoms with Crippen LogP contribution >= 0.6 is 0 Å². The molecule has 0 spiro atoms. The fourth-order valence-electron chi connectivity index (χ4n) is 2.41. The van der Waals surface area contributed by atoms with Crippen molar-refractivity contribution in [3.05, 3.63) is 35.4 Å². The molecular weight excluding hydrogens is 304 g/mol. The van der Waals surface area contributed by atoms with Gasteiger partial charge in [0.2, 0.25) is 11.8 Å². The molecule has 0 aromatic heterocycles. The fourth-order valence-corrected chi connectivity index (χ4v) is 2.41. The van der Waals surface area contributed by atoms with E-state index in [2.05, 4.69) is 54.0 Å². The first-order chi connectivity index (χ1) is 11.3. The van der Waals surface area contributed by atoms with Gasteiger partial charge in [-0.15, -0.1) is 0 Å². The highest BCUT2D eigenvalue weighted by Crippen LogP contribution is 2.21. The number of carbonyl (C=O) groups is 2. The average molecular weight is 328 g/mol. The molecule has 128 valence electrons. The molecule has 1 aliphatic heterocycles. The highest BCUT2D eigenvalue weighted by atomic mass is 16.2. The lowest BCUT2D eigenvalue weighted by atomic mass is 9.87. The normalized spacial score (nSPS) is 17.8. The number of hydrogen-bond acceptors (Lipinski definition) is 4. The van der Waals surface area contributed by atoms with Crippen molar-refractivity contribution in [2.45, 2.75) is 46.0 Å². The zero-order valence-corrected chi connectivity index (χ0v) is 14.6. The molecule has 1 aliphatic rings. The largest absolute Gasteiger partial charge is 0.273 e. The lowest BCUT2D eigenvalue weighted by Crippen LogP contribution is -2.25. The van der Waals surface area contributed by atoms with E-state index in [0.29, 0.717) is 6.42 Å². The maximum Gasteiger partial charge on any atom is 0.248 e. The minimum Gasteiger partial charge on any atom is -0.273 e. The number of hydrogen-bond donors (Lipinski definition) is 2. The predicted molar refractivity (Wildman–Crippen MR) is 94.9 cm³/mol. The summed E-state index contributed by atoms with van der Waals surface area (Å²) in [6, 6.07) is 8.06. The predicted octanol–water partition coefficient (Wildman–Crippen LogP) is 2.34. The Morgan fingerprint density at radius 1 is 1.33 bits per heavy atom. The third-order valence-corrected chi connectivity index (χ3v) is 4.00. The Kier molecular flexibility index (Phi) is 5.49. The van der Waals surface area contributed by atoms with Crippen LogP contribution in [0.1, 0.15) is 51.7 Å². The van der Waals surface area contributed by atoms with Crippen molar-refractivity contribution in [3.63, 3.8) is 0 Å². The first-order valence-electron chi connectivity index (χ1n) is 8.04. The number of carbonyl (C=O) groups excluding carboxylic acids is 2. The number of rotatable bonds is 5. The van der Waals surface area contributed by atoms with Crippen LogP contribution in [-0.2, 0) is 15.0 Å². The molecule has 0 unspecified atom stereocenters. The van der Waals surface area contributed by atoms with Gasteiger partial charge in [-0.25, -0.2) is 10.9 Å². The number of nitrogens with zero attached hydrogens (tertiary/aromatic N) is 2. The monoisotopic (exact) mass is 328 g/mol. The van der Waals surface area contributed by atoms with Crippen molar-refractivity contribution in [2.75, 3.05) is 0 Å². The van der Waals surface area contributed by atoms with Gasteiger partial charge in [0.1, 0.15) is 0 Å². The Labute approximate surface area is 142 Å². The highest BCUT2D eigenvalue weighted by Gasteiger charge is 2.26. The molecule has 0 fully saturated rings. The molecule has 0 aliphatic carbocycles. The molecule has 2 rings (SSSR count). The molecular formula is C18H24N4O2. The van der Waals surface area contributed by atoms with E-state index in [1.54, 1.807) is 13.1 Å². The maximum atomic E-state index is 11.8. The second-order valence-corrected chi connectivity index (χ2v) is 6.99. The number of hydrazone groups is 2. The summed E-state index contributed by atoms with van der Waals surface area (Å²) in [5.41, 5.74) is 7.89. The van der Waals surface area contributed by atoms with Crippen molar-refractivity contribution in [2.24, 2.45) is 16.1 Å². The zero-order chi connectivity index (χ0) is 17.7. The summed E-state index contributed by atoms with van der Waals surface area (Å²) >= 11 is 0. The van der Waals surface area contributed by atoms with Crippen LogP contribution in [0.4, 0.5) is 0 Å². The van der Waals surface area contributed by atoms with Crippen LogP contribution < -0.4 is 10.9 Å². The van der Waals surface area contributed by atoms with Crippen molar-refractivity contribution in [1.82, 2.24) is 10.9 Å². The van der Waals surface area contributed by atoms with Crippen molar-refractivity contribution in [3.8, 4) is 0 Å². The molecule has 0 bridgehead atoms. The Balaban J connectivity index is 1.80. The smallest absolute Gasteiger partial charge is 0.248 e. The molecule has 6 heteroatoms. The Hall–Kier alpha value is -2.50. The van der Waals surface area contributed by atoms with Gasteiger partial charge in [-0.3, -0.25) is 9.59 Å². The second-order valence-electron chi connectivity index (χ2n) is 6.99. The summed E-state index contributed by atoms with van der Waals surface area (Å²) in [7, 11) is 0. The molecule has 0 saturated heterocycles. The van der Waals surface area contributed by atoms with Crippen LogP contribution in [0.25, 0.3) is 0 Å². The van der Waals surface area contributed by atoms with Crippen LogP contribution in [0.2, 0.25) is 0 Å². The molecule has 1 heterocycles. The fraction of sp³-hybridized carbons (Fsp3) is 0.444. The summed E-state index contributed by atoms with van der Waals surface area (Å²) < 4.78 is 0. The van der Waals surface area contributed by atoms with Gasteiger partial charge in [0.05, 0.1) is 12.1 Å². The van der Waals surface area contributed by atoms with Crippen LogP contribution in [0, 0.1) is 5.92 Å². The first kappa shape index (κ1) is 17.8. The quantitative estimate of drug-likeness (QED) is 0.642. The standard InChI is InChI=1S/C18H24N4O2/c1-12-15(17(24)22-20-12)9-10-16(23)21-19-11-13-5-7-14(8-6-13)18(2,3)4/h5-8,11,15H,9-10H2,1-4H3,(H,21,23)(H,22,24)/b19-11-/t15-/m1/s1. The van der Waals surface area contributed by atoms with Crippen molar-refractivity contribution < 1.29 is 9.59 Å². The van der Waals surface area contributed by atoms with Gasteiger partial charge in [-0.05, 0) is 29.9 Å². The molecule has 1 atom stereocenters. The number of amides is 2. The van der Waals surface area contributed by atoms with Crippen LogP contribution in [0.15, 0.2) is 34.5 Å². The summed E-state index contributed by atoms with van der Waals surface area (Å²) in [5.74, 6) is -0.683. The van der Waals surface area contributed by atoms with E-state index in [4.69, 9.17) is 0 Å². The molecule has 6 nitrogen and oxygen atoms in total. The molecule has 0 radical (unpaired) electrons. The zero-order valence-electron chi connectivity index (χ0n) is 14.6. The van der Waals surface area contributed by atoms with Gasteiger partial charge in [0, 0.05) is 12.1 Å². The van der Waals surface area contributed by atoms with E-state index in [9.17, 15) is 9.59 Å². The Morgan fingerprint density at radius 3 is 2.54 bits per heavy atom. The highest BCUT2D eigenvalue weighted by molar-refractivity contribution is 6.07. The van der Waals surface area contributed by atoms with Gasteiger partial charge in [0.15, 0.2) is 0 Å². The van der Waals surface area contributed by atoms with E-state index in [-0.39, 0.29) is 29.6 Å². The summed E-state index contributed by atoms with van der Waals surface area (Å²) in [5, 5.41) is 7.82. The van der Waals surface area contributed by atoms with E-state index in [0.717, 1.165) is 11.3 Å². The summed E-state index contributed by atoms with van der Waals surface area (Å²) in [4.78, 5) is 23.3. The van der Waals surface area contributed by atoms with Crippen LogP contribution in [-0.4, -0.2) is 23.7 Å². The molecule has 1 aromatic rings. The third-order valence-electron chi connectivity index (χ3n) is 4.00. The van der Waals surface area contributed by atoms with Crippen LogP contribution in [0.5, 0.6) is 0 Å². The van der Waals surface area contributed by atoms with Crippen LogP contribution in [0.3, 0.4) is 0 Å².